The van der Waals surface area contributed by atoms with Gasteiger partial charge in [0.2, 0.25) is 10.0 Å². The predicted molar refractivity (Wildman–Crippen MR) is 75.7 cm³/mol. The first-order valence-corrected chi connectivity index (χ1v) is 8.98. The van der Waals surface area contributed by atoms with Crippen LogP contribution in [0.25, 0.3) is 0 Å². The van der Waals surface area contributed by atoms with Gasteiger partial charge in [0.15, 0.2) is 9.84 Å². The molecule has 0 aliphatic carbocycles. The number of nitrogens with two attached hydrogens (primary N) is 1. The van der Waals surface area contributed by atoms with E-state index in [2.05, 4.69) is 0 Å². The zero-order valence-electron chi connectivity index (χ0n) is 11.5. The second kappa shape index (κ2) is 6.08. The number of ether oxygens (including phenoxy) is 1. The number of nitrogens with zero attached hydrogens (tertiary/aromatic N) is 1. The molecule has 7 nitrogen and oxygen atoms in total. The summed E-state index contributed by atoms with van der Waals surface area (Å²) in [6.45, 7) is 0.364. The van der Waals surface area contributed by atoms with Crippen molar-refractivity contribution in [3.8, 4) is 0 Å². The van der Waals surface area contributed by atoms with Crippen molar-refractivity contribution in [3.63, 3.8) is 0 Å². The van der Waals surface area contributed by atoms with E-state index in [9.17, 15) is 16.8 Å². The van der Waals surface area contributed by atoms with Crippen molar-refractivity contribution in [1.82, 2.24) is 4.31 Å². The van der Waals surface area contributed by atoms with Crippen LogP contribution in [0.1, 0.15) is 0 Å². The number of hydrogen-bond donors (Lipinski definition) is 1. The minimum atomic E-state index is -3.86. The summed E-state index contributed by atoms with van der Waals surface area (Å²) >= 11 is 0. The monoisotopic (exact) mass is 322 g/mol. The first-order valence-electron chi connectivity index (χ1n) is 5.65. The van der Waals surface area contributed by atoms with Gasteiger partial charge in [-0.15, -0.1) is 0 Å². The van der Waals surface area contributed by atoms with Crippen LogP contribution in [0.3, 0.4) is 0 Å². The van der Waals surface area contributed by atoms with Crippen LogP contribution in [-0.2, 0) is 24.6 Å². The summed E-state index contributed by atoms with van der Waals surface area (Å²) in [4.78, 5) is -0.315. The topological polar surface area (TPSA) is 107 Å². The molecule has 0 saturated heterocycles. The Balaban J connectivity index is 3.31. The first-order chi connectivity index (χ1) is 9.10. The summed E-state index contributed by atoms with van der Waals surface area (Å²) in [5.74, 6) is 0. The zero-order chi connectivity index (χ0) is 15.6. The van der Waals surface area contributed by atoms with Crippen LogP contribution in [-0.4, -0.2) is 54.7 Å². The van der Waals surface area contributed by atoms with Gasteiger partial charge in [0, 0.05) is 27.0 Å². The van der Waals surface area contributed by atoms with E-state index in [1.807, 2.05) is 0 Å². The second-order valence-corrected chi connectivity index (χ2v) is 8.32. The SMILES string of the molecule is COCCN(C)S(=O)(=O)c1cc(S(C)(=O)=O)ccc1N. The van der Waals surface area contributed by atoms with Gasteiger partial charge in [-0.1, -0.05) is 0 Å². The standard InChI is InChI=1S/C11H18N2O5S2/c1-13(6-7-18-2)20(16,17)11-8-9(19(3,14)15)4-5-10(11)12/h4-5,8H,6-7,12H2,1-3H3. The number of benzene rings is 1. The molecule has 0 spiro atoms. The fourth-order valence-electron chi connectivity index (χ4n) is 1.48. The highest BCUT2D eigenvalue weighted by Crippen LogP contribution is 2.24. The van der Waals surface area contributed by atoms with E-state index < -0.39 is 19.9 Å². The molecule has 1 aromatic rings. The quantitative estimate of drug-likeness (QED) is 0.735. The predicted octanol–water partition coefficient (Wildman–Crippen LogP) is -0.0608. The lowest BCUT2D eigenvalue weighted by Crippen LogP contribution is -2.30. The maximum atomic E-state index is 12.3. The molecule has 9 heteroatoms. The molecular weight excluding hydrogens is 304 g/mol. The zero-order valence-corrected chi connectivity index (χ0v) is 13.2. The van der Waals surface area contributed by atoms with Gasteiger partial charge in [0.25, 0.3) is 0 Å². The summed E-state index contributed by atoms with van der Waals surface area (Å²) in [5.41, 5.74) is 5.65. The fraction of sp³-hybridized carbons (Fsp3) is 0.455. The van der Waals surface area contributed by atoms with E-state index in [0.29, 0.717) is 0 Å². The average Bonchev–Trinajstić information content (AvgIpc) is 2.34. The van der Waals surface area contributed by atoms with Crippen molar-refractivity contribution < 1.29 is 21.6 Å². The Kier molecular flexibility index (Phi) is 5.14. The van der Waals surface area contributed by atoms with Gasteiger partial charge in [-0.05, 0) is 18.2 Å². The molecule has 0 aromatic heterocycles. The molecule has 1 aromatic carbocycles. The molecule has 0 aliphatic heterocycles. The molecular formula is C11H18N2O5S2. The van der Waals surface area contributed by atoms with Crippen LogP contribution in [0.5, 0.6) is 0 Å². The molecule has 0 fully saturated rings. The van der Waals surface area contributed by atoms with Gasteiger partial charge in [-0.25, -0.2) is 16.8 Å². The van der Waals surface area contributed by atoms with Gasteiger partial charge in [-0.3, -0.25) is 0 Å². The van der Waals surface area contributed by atoms with Gasteiger partial charge in [0.1, 0.15) is 4.90 Å². The molecule has 20 heavy (non-hydrogen) atoms. The van der Waals surface area contributed by atoms with Crippen molar-refractivity contribution in [2.45, 2.75) is 9.79 Å². The van der Waals surface area contributed by atoms with Crippen LogP contribution in [0.4, 0.5) is 5.69 Å². The van der Waals surface area contributed by atoms with Gasteiger partial charge in [-0.2, -0.15) is 4.31 Å². The number of sulfone groups is 1. The third-order valence-electron chi connectivity index (χ3n) is 2.71. The van der Waals surface area contributed by atoms with Crippen LogP contribution < -0.4 is 5.73 Å². The molecule has 0 aliphatic rings. The molecule has 0 amide bonds. The van der Waals surface area contributed by atoms with E-state index in [4.69, 9.17) is 10.5 Å². The van der Waals surface area contributed by atoms with Gasteiger partial charge >= 0.3 is 0 Å². The van der Waals surface area contributed by atoms with Crippen molar-refractivity contribution in [2.24, 2.45) is 0 Å². The lowest BCUT2D eigenvalue weighted by atomic mass is 10.3. The fourth-order valence-corrected chi connectivity index (χ4v) is 3.49. The van der Waals surface area contributed by atoms with Crippen LogP contribution in [0, 0.1) is 0 Å². The van der Waals surface area contributed by atoms with Crippen molar-refractivity contribution in [1.29, 1.82) is 0 Å². The lowest BCUT2D eigenvalue weighted by Gasteiger charge is -2.18. The Morgan fingerprint density at radius 1 is 1.25 bits per heavy atom. The van der Waals surface area contributed by atoms with Gasteiger partial charge < -0.3 is 10.5 Å². The molecule has 1 rings (SSSR count). The Morgan fingerprint density at radius 3 is 2.35 bits per heavy atom. The van der Waals surface area contributed by atoms with Crippen LogP contribution >= 0.6 is 0 Å². The number of methoxy groups -OCH3 is 1. The third kappa shape index (κ3) is 3.69. The highest BCUT2D eigenvalue weighted by Gasteiger charge is 2.24. The van der Waals surface area contributed by atoms with Crippen molar-refractivity contribution in [2.75, 3.05) is 39.3 Å². The second-order valence-electron chi connectivity index (χ2n) is 4.29. The number of hydrogen-bond acceptors (Lipinski definition) is 6. The van der Waals surface area contributed by atoms with Crippen molar-refractivity contribution in [3.05, 3.63) is 18.2 Å². The van der Waals surface area contributed by atoms with E-state index in [1.54, 1.807) is 0 Å². The number of nitrogen functional groups attached to an aromatic ring is 1. The molecule has 0 bridgehead atoms. The van der Waals surface area contributed by atoms with Gasteiger partial charge in [0.05, 0.1) is 17.2 Å². The smallest absolute Gasteiger partial charge is 0.244 e. The minimum Gasteiger partial charge on any atom is -0.398 e. The average molecular weight is 322 g/mol. The minimum absolute atomic E-state index is 0.00154. The Morgan fingerprint density at radius 2 is 1.85 bits per heavy atom. The van der Waals surface area contributed by atoms with E-state index in [1.165, 1.54) is 26.3 Å². The van der Waals surface area contributed by atoms with E-state index in [0.717, 1.165) is 16.6 Å². The number of likely N-dealkylation sites (N-methyl/N-ethyl adjacent to an activating group) is 1. The number of sulfonamides is 1. The number of anilines is 1. The number of rotatable bonds is 6. The van der Waals surface area contributed by atoms with E-state index in [-0.39, 0.29) is 28.6 Å². The molecule has 0 saturated carbocycles. The summed E-state index contributed by atoms with van der Waals surface area (Å²) in [5, 5.41) is 0. The molecule has 2 N–H and O–H groups in total. The molecule has 0 heterocycles. The summed E-state index contributed by atoms with van der Waals surface area (Å²) in [6, 6.07) is 3.62. The third-order valence-corrected chi connectivity index (χ3v) is 5.73. The summed E-state index contributed by atoms with van der Waals surface area (Å²) < 4.78 is 53.5. The summed E-state index contributed by atoms with van der Waals surface area (Å²) in [7, 11) is -4.54. The maximum Gasteiger partial charge on any atom is 0.244 e. The summed E-state index contributed by atoms with van der Waals surface area (Å²) in [6.07, 6.45) is 1.00. The highest BCUT2D eigenvalue weighted by molar-refractivity contribution is 7.91. The van der Waals surface area contributed by atoms with E-state index >= 15 is 0 Å². The lowest BCUT2D eigenvalue weighted by molar-refractivity contribution is 0.185. The Bertz CT molecular complexity index is 683. The molecule has 0 atom stereocenters. The largest absolute Gasteiger partial charge is 0.398 e. The van der Waals surface area contributed by atoms with Crippen molar-refractivity contribution >= 4 is 25.5 Å². The highest BCUT2D eigenvalue weighted by atomic mass is 32.2. The Labute approximate surface area is 119 Å². The molecule has 0 unspecified atom stereocenters. The van der Waals surface area contributed by atoms with Crippen LogP contribution in [0.15, 0.2) is 28.0 Å². The normalized spacial score (nSPS) is 12.8. The molecule has 114 valence electrons. The Hall–Kier alpha value is -1.16. The molecule has 0 radical (unpaired) electrons. The van der Waals surface area contributed by atoms with Crippen LogP contribution in [0.2, 0.25) is 0 Å². The maximum absolute atomic E-state index is 12.3. The first kappa shape index (κ1) is 16.9.